The van der Waals surface area contributed by atoms with Gasteiger partial charge in [-0.1, -0.05) is 6.07 Å². The smallest absolute Gasteiger partial charge is 0.318 e. The van der Waals surface area contributed by atoms with Gasteiger partial charge >= 0.3 is 6.01 Å². The van der Waals surface area contributed by atoms with Gasteiger partial charge < -0.3 is 15.4 Å². The monoisotopic (exact) mass is 513 g/mol. The van der Waals surface area contributed by atoms with Gasteiger partial charge in [0.1, 0.15) is 16.5 Å². The summed E-state index contributed by atoms with van der Waals surface area (Å²) in [7, 11) is -0.980. The molecule has 36 heavy (non-hydrogen) atoms. The Kier molecular flexibility index (Phi) is 7.62. The van der Waals surface area contributed by atoms with Gasteiger partial charge in [0, 0.05) is 18.5 Å². The van der Waals surface area contributed by atoms with Gasteiger partial charge in [0.2, 0.25) is 10.0 Å². The summed E-state index contributed by atoms with van der Waals surface area (Å²) in [6, 6.07) is 8.62. The molecule has 1 aromatic carbocycles. The molecule has 0 saturated heterocycles. The number of ether oxygens (including phenoxy) is 1. The number of carbonyl (C=O) groups is 1. The maximum atomic E-state index is 12.8. The van der Waals surface area contributed by atoms with Crippen LogP contribution in [0.3, 0.4) is 0 Å². The molecule has 0 bridgehead atoms. The van der Waals surface area contributed by atoms with Crippen molar-refractivity contribution in [3.63, 3.8) is 0 Å². The van der Waals surface area contributed by atoms with Crippen LogP contribution in [0.4, 0.5) is 23.0 Å². The van der Waals surface area contributed by atoms with Crippen molar-refractivity contribution in [2.45, 2.75) is 30.6 Å². The maximum Gasteiger partial charge on any atom is 0.318 e. The minimum absolute atomic E-state index is 0.0809. The predicted molar refractivity (Wildman–Crippen MR) is 133 cm³/mol. The topological polar surface area (TPSA) is 156 Å². The number of aromatic nitrogens is 3. The quantitative estimate of drug-likeness (QED) is 0.281. The first-order chi connectivity index (χ1) is 17.3. The number of anilines is 4. The largest absolute Gasteiger partial charge is 0.467 e. The van der Waals surface area contributed by atoms with Crippen LogP contribution in [0.2, 0.25) is 0 Å². The molecule has 13 heteroatoms. The third-order valence-electron chi connectivity index (χ3n) is 5.41. The highest BCUT2D eigenvalue weighted by atomic mass is 32.2. The van der Waals surface area contributed by atoms with E-state index in [0.717, 1.165) is 18.4 Å². The number of hydrogen-bond donors (Lipinski definition) is 4. The molecule has 4 N–H and O–H groups in total. The number of methoxy groups -OCH3 is 1. The first kappa shape index (κ1) is 25.3. The molecule has 1 aliphatic rings. The fraction of sp³-hybridized carbons (Fsp3) is 0.304. The van der Waals surface area contributed by atoms with Crippen molar-refractivity contribution < 1.29 is 22.8 Å². The molecule has 0 spiro atoms. The average Bonchev–Trinajstić information content (AvgIpc) is 3.73. The van der Waals surface area contributed by atoms with Gasteiger partial charge in [-0.05, 0) is 56.5 Å². The Morgan fingerprint density at radius 3 is 2.58 bits per heavy atom. The molecular formula is C23H27N7O5S. The number of hydroxylamine groups is 1. The number of nitrogens with one attached hydrogen (secondary N) is 4. The van der Waals surface area contributed by atoms with Crippen LogP contribution in [0.15, 0.2) is 47.6 Å². The third-order valence-corrected chi connectivity index (χ3v) is 6.87. The number of nitrogens with zero attached hydrogens (tertiary/aromatic N) is 3. The minimum atomic E-state index is -3.79. The Hall–Kier alpha value is -3.81. The highest BCUT2D eigenvalue weighted by Crippen LogP contribution is 2.42. The van der Waals surface area contributed by atoms with Crippen molar-refractivity contribution in [2.75, 3.05) is 31.4 Å². The van der Waals surface area contributed by atoms with Crippen LogP contribution < -0.4 is 25.6 Å². The van der Waals surface area contributed by atoms with Crippen molar-refractivity contribution >= 4 is 38.9 Å². The number of rotatable bonds is 11. The van der Waals surface area contributed by atoms with Crippen molar-refractivity contribution in [2.24, 2.45) is 0 Å². The number of sulfonamides is 1. The van der Waals surface area contributed by atoms with Crippen molar-refractivity contribution in [3.8, 4) is 6.01 Å². The van der Waals surface area contributed by atoms with E-state index < -0.39 is 15.9 Å². The van der Waals surface area contributed by atoms with E-state index in [1.54, 1.807) is 31.2 Å². The molecule has 1 saturated carbocycles. The lowest BCUT2D eigenvalue weighted by atomic mass is 10.1. The summed E-state index contributed by atoms with van der Waals surface area (Å²) in [5.41, 5.74) is 4.05. The fourth-order valence-corrected chi connectivity index (χ4v) is 4.35. The van der Waals surface area contributed by atoms with Gasteiger partial charge in [-0.25, -0.2) is 28.6 Å². The Morgan fingerprint density at radius 2 is 1.89 bits per heavy atom. The summed E-state index contributed by atoms with van der Waals surface area (Å²) in [5.74, 6) is 0.576. The van der Waals surface area contributed by atoms with E-state index in [-0.39, 0.29) is 23.1 Å². The van der Waals surface area contributed by atoms with E-state index in [2.05, 4.69) is 35.8 Å². The van der Waals surface area contributed by atoms with Crippen LogP contribution in [0.25, 0.3) is 0 Å². The first-order valence-electron chi connectivity index (χ1n) is 11.3. The van der Waals surface area contributed by atoms with Crippen LogP contribution in [-0.4, -0.2) is 50.0 Å². The third kappa shape index (κ3) is 5.87. The lowest BCUT2D eigenvalue weighted by molar-refractivity contribution is 0.0365. The summed E-state index contributed by atoms with van der Waals surface area (Å²) in [4.78, 5) is 30.3. The van der Waals surface area contributed by atoms with Gasteiger partial charge in [-0.15, -0.1) is 0 Å². The Balaban J connectivity index is 1.73. The molecule has 4 rings (SSSR count). The Labute approximate surface area is 208 Å². The molecule has 2 heterocycles. The van der Waals surface area contributed by atoms with Crippen molar-refractivity contribution in [3.05, 3.63) is 53.9 Å². The number of amides is 1. The summed E-state index contributed by atoms with van der Waals surface area (Å²) in [6.07, 6.45) is 4.93. The second-order valence-electron chi connectivity index (χ2n) is 7.90. The maximum absolute atomic E-state index is 12.8. The van der Waals surface area contributed by atoms with Crippen LogP contribution in [0.1, 0.15) is 41.6 Å². The zero-order chi connectivity index (χ0) is 25.7. The van der Waals surface area contributed by atoms with Gasteiger partial charge in [0.25, 0.3) is 5.91 Å². The molecule has 1 fully saturated rings. The molecule has 190 valence electrons. The zero-order valence-corrected chi connectivity index (χ0v) is 20.8. The highest BCUT2D eigenvalue weighted by molar-refractivity contribution is 7.89. The van der Waals surface area contributed by atoms with Gasteiger partial charge in [0.15, 0.2) is 0 Å². The molecule has 0 unspecified atom stereocenters. The molecule has 3 aromatic rings. The molecule has 0 aliphatic heterocycles. The predicted octanol–water partition coefficient (Wildman–Crippen LogP) is 2.83. The van der Waals surface area contributed by atoms with E-state index in [1.807, 2.05) is 6.07 Å². The lowest BCUT2D eigenvalue weighted by Crippen LogP contribution is -2.25. The molecule has 0 radical (unpaired) electrons. The molecule has 1 aliphatic carbocycles. The lowest BCUT2D eigenvalue weighted by Gasteiger charge is -2.17. The first-order valence-corrected chi connectivity index (χ1v) is 12.7. The molecule has 0 atom stereocenters. The number of carbonyl (C=O) groups excluding carboxylic acids is 1. The van der Waals surface area contributed by atoms with Crippen LogP contribution >= 0.6 is 0 Å². The standard InChI is InChI=1S/C23H27N7O5S/c1-4-35-30-22(31)16-13-26-21(28-20-9-10-25-23(29-20)34-3)12-18(16)27-17-8-7-15(14-5-6-14)11-19(17)36(32,33)24-2/h7-14,24H,4-6H2,1-3H3,(H,30,31)(H2,25,26,27,28,29). The van der Waals surface area contributed by atoms with E-state index >= 15 is 0 Å². The summed E-state index contributed by atoms with van der Waals surface area (Å²) in [6.45, 7) is 2.00. The SMILES string of the molecule is CCONC(=O)c1cnc(Nc2ccnc(OC)n2)cc1Nc1ccc(C2CC2)cc1S(=O)(=O)NC. The van der Waals surface area contributed by atoms with Gasteiger partial charge in [0.05, 0.1) is 30.7 Å². The normalized spacial score (nSPS) is 13.2. The van der Waals surface area contributed by atoms with Crippen molar-refractivity contribution in [1.29, 1.82) is 0 Å². The molecule has 12 nitrogen and oxygen atoms in total. The highest BCUT2D eigenvalue weighted by Gasteiger charge is 2.27. The zero-order valence-electron chi connectivity index (χ0n) is 20.0. The van der Waals surface area contributed by atoms with Gasteiger partial charge in [-0.2, -0.15) is 4.98 Å². The second-order valence-corrected chi connectivity index (χ2v) is 9.75. The molecule has 1 amide bonds. The molecular weight excluding hydrogens is 486 g/mol. The Bertz CT molecular complexity index is 1360. The fourth-order valence-electron chi connectivity index (χ4n) is 3.43. The van der Waals surface area contributed by atoms with E-state index in [4.69, 9.17) is 9.57 Å². The van der Waals surface area contributed by atoms with E-state index in [9.17, 15) is 13.2 Å². The number of benzene rings is 1. The van der Waals surface area contributed by atoms with E-state index in [1.165, 1.54) is 26.6 Å². The molecule has 2 aromatic heterocycles. The number of pyridine rings is 1. The average molecular weight is 514 g/mol. The van der Waals surface area contributed by atoms with Crippen molar-refractivity contribution in [1.82, 2.24) is 25.2 Å². The summed E-state index contributed by atoms with van der Waals surface area (Å²) >= 11 is 0. The van der Waals surface area contributed by atoms with Crippen LogP contribution in [-0.2, 0) is 14.9 Å². The minimum Gasteiger partial charge on any atom is -0.467 e. The van der Waals surface area contributed by atoms with Gasteiger partial charge in [-0.3, -0.25) is 9.63 Å². The number of hydrogen-bond acceptors (Lipinski definition) is 10. The second kappa shape index (κ2) is 10.8. The van der Waals surface area contributed by atoms with Crippen LogP contribution in [0, 0.1) is 0 Å². The van der Waals surface area contributed by atoms with E-state index in [0.29, 0.717) is 28.9 Å². The van der Waals surface area contributed by atoms with Crippen LogP contribution in [0.5, 0.6) is 6.01 Å². The summed E-state index contributed by atoms with van der Waals surface area (Å²) in [5, 5.41) is 6.13. The summed E-state index contributed by atoms with van der Waals surface area (Å²) < 4.78 is 33.1. The Morgan fingerprint density at radius 1 is 1.08 bits per heavy atom.